The van der Waals surface area contributed by atoms with Crippen molar-refractivity contribution in [2.45, 2.75) is 76.7 Å². The lowest BCUT2D eigenvalue weighted by Gasteiger charge is -2.23. The molecule has 9 rings (SSSR count). The van der Waals surface area contributed by atoms with E-state index >= 15 is 0 Å². The van der Waals surface area contributed by atoms with Crippen LogP contribution in [0.25, 0.3) is 0 Å². The fraction of sp³-hybridized carbons (Fsp3) is 0.321. The highest BCUT2D eigenvalue weighted by Gasteiger charge is 2.39. The van der Waals surface area contributed by atoms with Gasteiger partial charge in [-0.25, -0.2) is 0 Å². The first-order chi connectivity index (χ1) is 36.4. The largest absolute Gasteiger partial charge is 0.493 e. The van der Waals surface area contributed by atoms with E-state index in [1.54, 1.807) is 41.4 Å². The number of rotatable bonds is 20. The molecule has 0 aliphatic carbocycles. The predicted octanol–water partition coefficient (Wildman–Crippen LogP) is 5.69. The van der Waals surface area contributed by atoms with Gasteiger partial charge in [0.2, 0.25) is 23.6 Å². The van der Waals surface area contributed by atoms with Crippen LogP contribution in [-0.4, -0.2) is 101 Å². The number of anilines is 3. The van der Waals surface area contributed by atoms with E-state index in [9.17, 15) is 33.6 Å². The lowest BCUT2D eigenvalue weighted by molar-refractivity contribution is -0.140. The third kappa shape index (κ3) is 11.7. The molecule has 4 aliphatic heterocycles. The van der Waals surface area contributed by atoms with Crippen LogP contribution in [0.1, 0.15) is 80.6 Å². The van der Waals surface area contributed by atoms with E-state index in [1.807, 2.05) is 59.5 Å². The Labute approximate surface area is 432 Å². The van der Waals surface area contributed by atoms with Gasteiger partial charge in [0.1, 0.15) is 13.2 Å². The Morgan fingerprint density at radius 3 is 1.84 bits per heavy atom. The van der Waals surface area contributed by atoms with Crippen LogP contribution in [0, 0.1) is 0 Å². The van der Waals surface area contributed by atoms with Gasteiger partial charge >= 0.3 is 5.97 Å². The van der Waals surface area contributed by atoms with E-state index in [-0.39, 0.29) is 68.4 Å². The molecule has 2 atom stereocenters. The molecule has 4 heterocycles. The van der Waals surface area contributed by atoms with Gasteiger partial charge in [0.05, 0.1) is 58.3 Å². The summed E-state index contributed by atoms with van der Waals surface area (Å²) >= 11 is 0. The second kappa shape index (κ2) is 23.0. The molecule has 0 spiro atoms. The lowest BCUT2D eigenvalue weighted by atomic mass is 9.99. The van der Waals surface area contributed by atoms with Gasteiger partial charge in [0.15, 0.2) is 23.0 Å². The summed E-state index contributed by atoms with van der Waals surface area (Å²) in [6.07, 6.45) is 5.83. The number of esters is 1. The molecule has 0 aromatic heterocycles. The second-order valence-corrected chi connectivity index (χ2v) is 18.5. The number of nitrogens with one attached hydrogen (secondary N) is 4. The lowest BCUT2D eigenvalue weighted by Crippen LogP contribution is -2.43. The molecule has 5 aromatic rings. The summed E-state index contributed by atoms with van der Waals surface area (Å²) in [5.74, 6) is -1.41. The van der Waals surface area contributed by atoms with Gasteiger partial charge < -0.3 is 49.9 Å². The van der Waals surface area contributed by atoms with Gasteiger partial charge in [-0.1, -0.05) is 36.4 Å². The van der Waals surface area contributed by atoms with Gasteiger partial charge in [0.25, 0.3) is 11.8 Å². The minimum Gasteiger partial charge on any atom is -0.493 e. The van der Waals surface area contributed by atoms with Gasteiger partial charge in [-0.05, 0) is 108 Å². The number of fused-ring (bicyclic) bond motifs is 8. The molecule has 0 saturated carbocycles. The zero-order valence-corrected chi connectivity index (χ0v) is 41.8. The standard InChI is InChI=1S/C56H57N7O12/c1-71-46-24-41-35(16-17-39-21-36-10-4-6-12-44(36)62(39)55(41)69)23-48(46)74-31-33-18-34(20-38(19-33)61-53(67)30-60-52(66)29-59-51(65)28-58-50(64)14-8-9-15-54(68)73-3)32-75-49-26-43-42(25-47(49)72-2)56(70)63-40(27-57-43)22-37-11-5-7-13-45(37)63/h4-7,10-13,18-20,23-27,39-40H,8-9,14-17,21-22,28-32H2,1-3H3,(H,58,64)(H,59,65)(H,60,66)(H,61,67)/t39-,40+/m1/s1. The Hall–Kier alpha value is -8.74. The summed E-state index contributed by atoms with van der Waals surface area (Å²) in [4.78, 5) is 98.2. The number of para-hydroxylation sites is 2. The number of methoxy groups -OCH3 is 3. The molecule has 75 heavy (non-hydrogen) atoms. The van der Waals surface area contributed by atoms with E-state index in [0.717, 1.165) is 40.9 Å². The molecule has 4 aliphatic rings. The predicted molar refractivity (Wildman–Crippen MR) is 277 cm³/mol. The molecule has 0 saturated heterocycles. The van der Waals surface area contributed by atoms with E-state index in [4.69, 9.17) is 23.9 Å². The fourth-order valence-corrected chi connectivity index (χ4v) is 9.82. The highest BCUT2D eigenvalue weighted by atomic mass is 16.5. The van der Waals surface area contributed by atoms with Crippen LogP contribution in [0.2, 0.25) is 0 Å². The van der Waals surface area contributed by atoms with Crippen LogP contribution in [0.15, 0.2) is 96.0 Å². The first-order valence-electron chi connectivity index (χ1n) is 24.7. The molecule has 6 amide bonds. The minimum atomic E-state index is -0.642. The van der Waals surface area contributed by atoms with Crippen molar-refractivity contribution in [2.24, 2.45) is 4.99 Å². The highest BCUT2D eigenvalue weighted by Crippen LogP contribution is 2.43. The maximum Gasteiger partial charge on any atom is 0.305 e. The minimum absolute atomic E-state index is 0.00794. The van der Waals surface area contributed by atoms with Crippen molar-refractivity contribution in [1.82, 2.24) is 16.0 Å². The fourth-order valence-electron chi connectivity index (χ4n) is 9.82. The molecule has 388 valence electrons. The van der Waals surface area contributed by atoms with Crippen LogP contribution < -0.4 is 50.0 Å². The summed E-state index contributed by atoms with van der Waals surface area (Å²) in [5, 5.41) is 10.2. The van der Waals surface area contributed by atoms with Crippen LogP contribution in [0.4, 0.5) is 22.7 Å². The van der Waals surface area contributed by atoms with Gasteiger partial charge in [-0.2, -0.15) is 0 Å². The maximum atomic E-state index is 14.1. The molecule has 5 aromatic carbocycles. The molecular weight excluding hydrogens is 963 g/mol. The average Bonchev–Trinajstić information content (AvgIpc) is 3.92. The Kier molecular flexibility index (Phi) is 15.7. The molecular formula is C56H57N7O12. The molecule has 0 unspecified atom stereocenters. The Morgan fingerprint density at radius 2 is 1.17 bits per heavy atom. The van der Waals surface area contributed by atoms with Crippen molar-refractivity contribution in [3.05, 3.63) is 130 Å². The molecule has 0 bridgehead atoms. The van der Waals surface area contributed by atoms with Crippen molar-refractivity contribution in [3.63, 3.8) is 0 Å². The van der Waals surface area contributed by atoms with Crippen LogP contribution in [0.5, 0.6) is 23.0 Å². The van der Waals surface area contributed by atoms with E-state index in [2.05, 4.69) is 32.1 Å². The number of carbonyl (C=O) groups is 7. The molecule has 0 fully saturated rings. The van der Waals surface area contributed by atoms with Crippen LogP contribution in [-0.2, 0) is 61.2 Å². The summed E-state index contributed by atoms with van der Waals surface area (Å²) < 4.78 is 28.9. The number of nitrogens with zero attached hydrogens (tertiary/aromatic N) is 3. The van der Waals surface area contributed by atoms with E-state index in [1.165, 1.54) is 21.3 Å². The number of unbranched alkanes of at least 4 members (excludes halogenated alkanes) is 1. The van der Waals surface area contributed by atoms with Crippen molar-refractivity contribution in [3.8, 4) is 23.0 Å². The quantitative estimate of drug-likeness (QED) is 0.0545. The number of benzene rings is 5. The first kappa shape index (κ1) is 51.2. The monoisotopic (exact) mass is 1020 g/mol. The van der Waals surface area contributed by atoms with Crippen molar-refractivity contribution < 1.29 is 57.2 Å². The Bertz CT molecular complexity index is 3100. The smallest absolute Gasteiger partial charge is 0.305 e. The van der Waals surface area contributed by atoms with Crippen molar-refractivity contribution >= 4 is 70.4 Å². The third-order valence-corrected chi connectivity index (χ3v) is 13.5. The van der Waals surface area contributed by atoms with Crippen molar-refractivity contribution in [2.75, 3.05) is 56.1 Å². The summed E-state index contributed by atoms with van der Waals surface area (Å²) in [5.41, 5.74) is 7.76. The molecule has 19 nitrogen and oxygen atoms in total. The maximum absolute atomic E-state index is 14.1. The number of amides is 6. The Balaban J connectivity index is 0.881. The SMILES string of the molecule is COC(=O)CCCCC(=O)NCC(=O)NCC(=O)NCC(=O)Nc1cc(COc2cc3c(cc2OC)C(=O)N2c4ccccc4C[C@H]2CC3)cc(COc2cc3c(cc2OC)C(=O)N2c4ccccc4C[C@H]2C=N3)c1. The molecule has 19 heteroatoms. The topological polar surface area (TPSA) is 233 Å². The summed E-state index contributed by atoms with van der Waals surface area (Å²) in [6, 6.07) is 27.7. The van der Waals surface area contributed by atoms with E-state index < -0.39 is 30.8 Å². The third-order valence-electron chi connectivity index (χ3n) is 13.5. The highest BCUT2D eigenvalue weighted by molar-refractivity contribution is 6.15. The number of aryl methyl sites for hydroxylation is 1. The van der Waals surface area contributed by atoms with Gasteiger partial charge in [-0.15, -0.1) is 0 Å². The molecule has 0 radical (unpaired) electrons. The molecule has 4 N–H and O–H groups in total. The Morgan fingerprint density at radius 1 is 0.600 bits per heavy atom. The van der Waals surface area contributed by atoms with Gasteiger partial charge in [0, 0.05) is 60.2 Å². The number of ether oxygens (including phenoxy) is 5. The number of aliphatic imine (C=N–C) groups is 1. The average molecular weight is 1020 g/mol. The number of hydrogen-bond donors (Lipinski definition) is 4. The normalized spacial score (nSPS) is 15.6. The number of hydrogen-bond acceptors (Lipinski definition) is 13. The summed E-state index contributed by atoms with van der Waals surface area (Å²) in [7, 11) is 4.29. The number of carbonyl (C=O) groups excluding carboxylic acids is 7. The second-order valence-electron chi connectivity index (χ2n) is 18.5. The first-order valence-corrected chi connectivity index (χ1v) is 24.7. The van der Waals surface area contributed by atoms with Crippen molar-refractivity contribution in [1.29, 1.82) is 0 Å². The van der Waals surface area contributed by atoms with Crippen LogP contribution >= 0.6 is 0 Å². The zero-order chi connectivity index (χ0) is 52.6. The summed E-state index contributed by atoms with van der Waals surface area (Å²) in [6.45, 7) is -1.25. The zero-order valence-electron chi connectivity index (χ0n) is 41.8. The van der Waals surface area contributed by atoms with E-state index in [0.29, 0.717) is 82.3 Å². The van der Waals surface area contributed by atoms with Crippen LogP contribution in [0.3, 0.4) is 0 Å². The van der Waals surface area contributed by atoms with Gasteiger partial charge in [-0.3, -0.25) is 43.5 Å².